The van der Waals surface area contributed by atoms with Crippen LogP contribution in [0.5, 0.6) is 0 Å². The predicted molar refractivity (Wildman–Crippen MR) is 245 cm³/mol. The summed E-state index contributed by atoms with van der Waals surface area (Å²) in [5.41, 5.74) is 16.2. The fraction of sp³-hybridized carbons (Fsp3) is 0.0357. The number of aromatic nitrogens is 2. The van der Waals surface area contributed by atoms with Crippen LogP contribution in [0.3, 0.4) is 0 Å². The van der Waals surface area contributed by atoms with Gasteiger partial charge in [-0.2, -0.15) is 0 Å². The van der Waals surface area contributed by atoms with E-state index < -0.39 is 5.41 Å². The average molecular weight is 741 g/mol. The molecule has 0 N–H and O–H groups in total. The molecule has 58 heavy (non-hydrogen) atoms. The van der Waals surface area contributed by atoms with Gasteiger partial charge in [-0.15, -0.1) is 0 Å². The van der Waals surface area contributed by atoms with Crippen LogP contribution in [0.2, 0.25) is 0 Å². The number of allylic oxidation sites excluding steroid dienone is 5. The minimum atomic E-state index is -0.560. The van der Waals surface area contributed by atoms with E-state index in [-0.39, 0.29) is 0 Å². The Balaban J connectivity index is 1.10. The van der Waals surface area contributed by atoms with E-state index in [2.05, 4.69) is 221 Å². The number of nitrogens with zero attached hydrogens (tertiary/aromatic N) is 2. The number of fused-ring (bicyclic) bond motifs is 9. The fourth-order valence-electron chi connectivity index (χ4n) is 9.78. The maximum Gasteiger partial charge on any atom is 0.0708 e. The lowest BCUT2D eigenvalue weighted by molar-refractivity contribution is 0.769. The summed E-state index contributed by atoms with van der Waals surface area (Å²) in [6, 6.07) is 69.0. The van der Waals surface area contributed by atoms with Gasteiger partial charge < -0.3 is 9.13 Å². The zero-order chi connectivity index (χ0) is 38.8. The molecule has 0 saturated carbocycles. The second-order valence-electron chi connectivity index (χ2n) is 15.3. The Morgan fingerprint density at radius 2 is 0.983 bits per heavy atom. The Kier molecular flexibility index (Phi) is 7.80. The predicted octanol–water partition coefficient (Wildman–Crippen LogP) is 14.6. The van der Waals surface area contributed by atoms with E-state index in [1.165, 1.54) is 88.2 Å². The van der Waals surface area contributed by atoms with E-state index in [9.17, 15) is 0 Å². The standard InChI is InChI=1S/C56H40N2/c1-3-4-7-18-38(2)56(41-19-8-5-9-20-41)50-26-15-12-23-44(50)45-32-31-43(37-51(45)56)58-53-28-17-14-25-47(53)49-36-40(30-34-55(49)58)39-29-33-54-48(35-39)46-24-13-16-27-52(46)57(54)42-21-10-6-11-22-42/h3-37H,2H2,1H3/b4-3-,18-7-. The number of hydrogen-bond donors (Lipinski definition) is 0. The van der Waals surface area contributed by atoms with E-state index >= 15 is 0 Å². The third-order valence-electron chi connectivity index (χ3n) is 12.3. The van der Waals surface area contributed by atoms with Gasteiger partial charge in [0, 0.05) is 32.9 Å². The molecule has 1 aliphatic carbocycles. The highest BCUT2D eigenvalue weighted by atomic mass is 15.0. The van der Waals surface area contributed by atoms with Gasteiger partial charge in [-0.1, -0.05) is 158 Å². The Bertz CT molecular complexity index is 3300. The minimum Gasteiger partial charge on any atom is -0.309 e. The van der Waals surface area contributed by atoms with Crippen molar-refractivity contribution in [1.29, 1.82) is 0 Å². The van der Waals surface area contributed by atoms with Crippen molar-refractivity contribution in [2.45, 2.75) is 12.3 Å². The Morgan fingerprint density at radius 3 is 1.64 bits per heavy atom. The summed E-state index contributed by atoms with van der Waals surface area (Å²) in [7, 11) is 0. The fourth-order valence-corrected chi connectivity index (χ4v) is 9.78. The molecule has 11 rings (SSSR count). The van der Waals surface area contributed by atoms with E-state index in [4.69, 9.17) is 6.58 Å². The third-order valence-corrected chi connectivity index (χ3v) is 12.3. The maximum absolute atomic E-state index is 4.81. The molecule has 2 aromatic heterocycles. The summed E-state index contributed by atoms with van der Waals surface area (Å²) in [4.78, 5) is 0. The van der Waals surface area contributed by atoms with Crippen molar-refractivity contribution in [2.24, 2.45) is 0 Å². The summed E-state index contributed by atoms with van der Waals surface area (Å²) in [6.07, 6.45) is 8.44. The van der Waals surface area contributed by atoms with Crippen LogP contribution in [-0.4, -0.2) is 9.13 Å². The zero-order valence-electron chi connectivity index (χ0n) is 32.3. The van der Waals surface area contributed by atoms with Crippen molar-refractivity contribution < 1.29 is 0 Å². The topological polar surface area (TPSA) is 9.86 Å². The summed E-state index contributed by atoms with van der Waals surface area (Å²) in [5.74, 6) is 0. The summed E-state index contributed by atoms with van der Waals surface area (Å²) in [5, 5.41) is 4.98. The van der Waals surface area contributed by atoms with Crippen LogP contribution in [0.25, 0.3) is 77.2 Å². The van der Waals surface area contributed by atoms with Gasteiger partial charge >= 0.3 is 0 Å². The molecule has 0 bridgehead atoms. The molecule has 2 heterocycles. The number of rotatable bonds is 7. The van der Waals surface area contributed by atoms with Crippen molar-refractivity contribution >= 4 is 43.6 Å². The molecular formula is C56H40N2. The van der Waals surface area contributed by atoms with Crippen LogP contribution in [0.15, 0.2) is 225 Å². The second-order valence-corrected chi connectivity index (χ2v) is 15.3. The first kappa shape index (κ1) is 33.9. The van der Waals surface area contributed by atoms with Gasteiger partial charge in [0.1, 0.15) is 0 Å². The first-order valence-corrected chi connectivity index (χ1v) is 20.1. The Hall–Kier alpha value is -7.42. The van der Waals surface area contributed by atoms with Crippen LogP contribution in [0, 0.1) is 0 Å². The monoisotopic (exact) mass is 740 g/mol. The lowest BCUT2D eigenvalue weighted by Gasteiger charge is -2.34. The summed E-state index contributed by atoms with van der Waals surface area (Å²) >= 11 is 0. The molecule has 0 fully saturated rings. The molecule has 0 spiro atoms. The van der Waals surface area contributed by atoms with Crippen molar-refractivity contribution in [3.05, 3.63) is 241 Å². The van der Waals surface area contributed by atoms with Crippen molar-refractivity contribution in [3.63, 3.8) is 0 Å². The molecule has 2 heteroatoms. The first-order valence-electron chi connectivity index (χ1n) is 20.1. The highest BCUT2D eigenvalue weighted by Gasteiger charge is 2.46. The highest BCUT2D eigenvalue weighted by molar-refractivity contribution is 6.12. The van der Waals surface area contributed by atoms with Crippen molar-refractivity contribution in [1.82, 2.24) is 9.13 Å². The molecule has 0 amide bonds. The van der Waals surface area contributed by atoms with E-state index in [0.29, 0.717) is 0 Å². The summed E-state index contributed by atoms with van der Waals surface area (Å²) in [6.45, 7) is 6.86. The molecule has 10 aromatic rings. The molecule has 274 valence electrons. The number of hydrogen-bond acceptors (Lipinski definition) is 0. The van der Waals surface area contributed by atoms with Crippen LogP contribution in [0.4, 0.5) is 0 Å². The van der Waals surface area contributed by atoms with Gasteiger partial charge in [-0.25, -0.2) is 0 Å². The Labute approximate surface area is 338 Å². The van der Waals surface area contributed by atoms with Gasteiger partial charge in [0.15, 0.2) is 0 Å². The molecule has 0 saturated heterocycles. The van der Waals surface area contributed by atoms with E-state index in [1.807, 2.05) is 6.92 Å². The zero-order valence-corrected chi connectivity index (χ0v) is 32.3. The van der Waals surface area contributed by atoms with Gasteiger partial charge in [0.05, 0.1) is 27.5 Å². The first-order chi connectivity index (χ1) is 28.7. The smallest absolute Gasteiger partial charge is 0.0708 e. The number of para-hydroxylation sites is 3. The quantitative estimate of drug-likeness (QED) is 0.144. The Morgan fingerprint density at radius 1 is 0.448 bits per heavy atom. The van der Waals surface area contributed by atoms with Crippen LogP contribution >= 0.6 is 0 Å². The normalized spacial score (nSPS) is 15.0. The van der Waals surface area contributed by atoms with E-state index in [0.717, 1.165) is 11.3 Å². The third kappa shape index (κ3) is 4.92. The maximum atomic E-state index is 4.81. The largest absolute Gasteiger partial charge is 0.309 e. The molecule has 1 atom stereocenters. The van der Waals surface area contributed by atoms with Crippen molar-refractivity contribution in [2.75, 3.05) is 0 Å². The second kappa shape index (κ2) is 13.4. The van der Waals surface area contributed by atoms with Gasteiger partial charge in [-0.05, 0) is 112 Å². The lowest BCUT2D eigenvalue weighted by Crippen LogP contribution is -2.28. The molecule has 2 nitrogen and oxygen atoms in total. The number of benzene rings is 8. The molecule has 0 aliphatic heterocycles. The highest BCUT2D eigenvalue weighted by Crippen LogP contribution is 2.57. The average Bonchev–Trinajstić information content (AvgIpc) is 3.90. The minimum absolute atomic E-state index is 0.560. The van der Waals surface area contributed by atoms with Crippen molar-refractivity contribution in [3.8, 4) is 33.6 Å². The van der Waals surface area contributed by atoms with Gasteiger partial charge in [0.2, 0.25) is 0 Å². The van der Waals surface area contributed by atoms with Gasteiger partial charge in [-0.3, -0.25) is 0 Å². The van der Waals surface area contributed by atoms with Gasteiger partial charge in [0.25, 0.3) is 0 Å². The summed E-state index contributed by atoms with van der Waals surface area (Å²) < 4.78 is 4.82. The molecule has 0 radical (unpaired) electrons. The molecule has 8 aromatic carbocycles. The molecular weight excluding hydrogens is 701 g/mol. The lowest BCUT2D eigenvalue weighted by atomic mass is 9.67. The molecule has 1 aliphatic rings. The van der Waals surface area contributed by atoms with Crippen LogP contribution in [-0.2, 0) is 5.41 Å². The van der Waals surface area contributed by atoms with Crippen LogP contribution < -0.4 is 0 Å². The molecule has 1 unspecified atom stereocenters. The van der Waals surface area contributed by atoms with E-state index in [1.54, 1.807) is 0 Å². The SMILES string of the molecule is C=C(/C=C\C=C/C)C1(c2ccccc2)c2ccccc2-c2ccc(-n3c4ccccc4c4cc(-c5ccc6c(c5)c5ccccc5n6-c5ccccc5)ccc43)cc21. The van der Waals surface area contributed by atoms with Crippen LogP contribution in [0.1, 0.15) is 23.6 Å².